The van der Waals surface area contributed by atoms with Crippen molar-refractivity contribution in [2.75, 3.05) is 24.4 Å². The molecule has 2 amide bonds. The summed E-state index contributed by atoms with van der Waals surface area (Å²) in [4.78, 5) is 35.6. The van der Waals surface area contributed by atoms with Crippen LogP contribution in [0, 0.1) is 6.92 Å². The quantitative estimate of drug-likeness (QED) is 0.656. The summed E-state index contributed by atoms with van der Waals surface area (Å²) in [5, 5.41) is 5.81. The van der Waals surface area contributed by atoms with Crippen LogP contribution in [0.4, 0.5) is 11.4 Å². The molecule has 2 rings (SSSR count). The van der Waals surface area contributed by atoms with Crippen LogP contribution in [0.3, 0.4) is 0 Å². The summed E-state index contributed by atoms with van der Waals surface area (Å²) in [5.41, 5.74) is 1.78. The average Bonchev–Trinajstić information content (AvgIpc) is 2.68. The van der Waals surface area contributed by atoms with Crippen molar-refractivity contribution >= 4 is 40.8 Å². The predicted molar refractivity (Wildman–Crippen MR) is 107 cm³/mol. The number of amides is 2. The van der Waals surface area contributed by atoms with Crippen LogP contribution in [0.2, 0.25) is 5.02 Å². The SMILES string of the molecule is COc1ccccc1NC(=O)CCC(=O)OCC(=O)Nc1cccc(Cl)c1C. The van der Waals surface area contributed by atoms with Gasteiger partial charge in [0.05, 0.1) is 19.2 Å². The van der Waals surface area contributed by atoms with Crippen LogP contribution in [0.25, 0.3) is 0 Å². The Kier molecular flexibility index (Phi) is 7.83. The number of carbonyl (C=O) groups excluding carboxylic acids is 3. The summed E-state index contributed by atoms with van der Waals surface area (Å²) in [6.07, 6.45) is -0.226. The van der Waals surface area contributed by atoms with Gasteiger partial charge in [0.25, 0.3) is 5.91 Å². The molecule has 8 heteroatoms. The number of hydrogen-bond acceptors (Lipinski definition) is 5. The van der Waals surface area contributed by atoms with Crippen molar-refractivity contribution < 1.29 is 23.9 Å². The number of benzene rings is 2. The Balaban J connectivity index is 1.74. The zero-order chi connectivity index (χ0) is 20.5. The number of hydrogen-bond donors (Lipinski definition) is 2. The van der Waals surface area contributed by atoms with E-state index in [9.17, 15) is 14.4 Å². The minimum Gasteiger partial charge on any atom is -0.495 e. The van der Waals surface area contributed by atoms with Crippen molar-refractivity contribution in [3.8, 4) is 5.75 Å². The molecule has 0 spiro atoms. The van der Waals surface area contributed by atoms with E-state index < -0.39 is 18.5 Å². The van der Waals surface area contributed by atoms with Gasteiger partial charge in [-0.3, -0.25) is 14.4 Å². The summed E-state index contributed by atoms with van der Waals surface area (Å²) >= 11 is 5.99. The third-order valence-corrected chi connectivity index (χ3v) is 4.25. The van der Waals surface area contributed by atoms with Crippen molar-refractivity contribution in [1.82, 2.24) is 0 Å². The second kappa shape index (κ2) is 10.3. The number of anilines is 2. The van der Waals surface area contributed by atoms with Gasteiger partial charge in [0, 0.05) is 17.1 Å². The second-order valence-electron chi connectivity index (χ2n) is 5.87. The van der Waals surface area contributed by atoms with E-state index in [1.165, 1.54) is 7.11 Å². The Morgan fingerprint density at radius 3 is 2.36 bits per heavy atom. The molecule has 28 heavy (non-hydrogen) atoms. The molecular formula is C20H21ClN2O5. The molecular weight excluding hydrogens is 384 g/mol. The number of rotatable bonds is 8. The zero-order valence-corrected chi connectivity index (χ0v) is 16.3. The summed E-state index contributed by atoms with van der Waals surface area (Å²) in [5.74, 6) is -0.975. The van der Waals surface area contributed by atoms with Crippen molar-refractivity contribution in [2.45, 2.75) is 19.8 Å². The maximum absolute atomic E-state index is 12.0. The largest absolute Gasteiger partial charge is 0.495 e. The van der Waals surface area contributed by atoms with Gasteiger partial charge in [-0.1, -0.05) is 29.8 Å². The van der Waals surface area contributed by atoms with E-state index in [0.717, 1.165) is 5.56 Å². The maximum atomic E-state index is 12.0. The van der Waals surface area contributed by atoms with Gasteiger partial charge < -0.3 is 20.1 Å². The molecule has 148 valence electrons. The topological polar surface area (TPSA) is 93.7 Å². The normalized spacial score (nSPS) is 10.1. The molecule has 2 N–H and O–H groups in total. The molecule has 0 unspecified atom stereocenters. The lowest BCUT2D eigenvalue weighted by molar-refractivity contribution is -0.147. The van der Waals surface area contributed by atoms with Crippen LogP contribution in [-0.4, -0.2) is 31.5 Å². The molecule has 0 aliphatic heterocycles. The molecule has 0 saturated heterocycles. The fourth-order valence-electron chi connectivity index (χ4n) is 2.32. The van der Waals surface area contributed by atoms with E-state index in [0.29, 0.717) is 22.1 Å². The number of esters is 1. The number of ether oxygens (including phenoxy) is 2. The maximum Gasteiger partial charge on any atom is 0.306 e. The third-order valence-electron chi connectivity index (χ3n) is 3.84. The molecule has 0 aromatic heterocycles. The Bertz CT molecular complexity index is 869. The fraction of sp³-hybridized carbons (Fsp3) is 0.250. The summed E-state index contributed by atoms with van der Waals surface area (Å²) in [6, 6.07) is 12.1. The molecule has 2 aromatic rings. The Labute approximate surface area is 168 Å². The summed E-state index contributed by atoms with van der Waals surface area (Å²) in [6.45, 7) is 1.32. The average molecular weight is 405 g/mol. The highest BCUT2D eigenvalue weighted by molar-refractivity contribution is 6.31. The third kappa shape index (κ3) is 6.28. The number of nitrogens with one attached hydrogen (secondary N) is 2. The zero-order valence-electron chi connectivity index (χ0n) is 15.6. The van der Waals surface area contributed by atoms with Crippen LogP contribution in [0.15, 0.2) is 42.5 Å². The molecule has 7 nitrogen and oxygen atoms in total. The van der Waals surface area contributed by atoms with E-state index in [1.807, 2.05) is 0 Å². The Morgan fingerprint density at radius 1 is 0.929 bits per heavy atom. The second-order valence-corrected chi connectivity index (χ2v) is 6.28. The van der Waals surface area contributed by atoms with E-state index in [1.54, 1.807) is 49.4 Å². The lowest BCUT2D eigenvalue weighted by atomic mass is 10.2. The molecule has 0 aliphatic carbocycles. The van der Waals surface area contributed by atoms with E-state index >= 15 is 0 Å². The van der Waals surface area contributed by atoms with Crippen molar-refractivity contribution in [3.05, 3.63) is 53.1 Å². The lowest BCUT2D eigenvalue weighted by Gasteiger charge is -2.10. The van der Waals surface area contributed by atoms with Crippen molar-refractivity contribution in [1.29, 1.82) is 0 Å². The monoisotopic (exact) mass is 404 g/mol. The van der Waals surface area contributed by atoms with Gasteiger partial charge >= 0.3 is 5.97 Å². The first kappa shape index (κ1) is 21.2. The minimum absolute atomic E-state index is 0.0775. The first-order valence-electron chi connectivity index (χ1n) is 8.54. The van der Waals surface area contributed by atoms with E-state index in [4.69, 9.17) is 21.1 Å². The molecule has 0 fully saturated rings. The molecule has 0 atom stereocenters. The predicted octanol–water partition coefficient (Wildman–Crippen LogP) is 3.56. The van der Waals surface area contributed by atoms with Gasteiger partial charge in [0.15, 0.2) is 6.61 Å². The molecule has 2 aromatic carbocycles. The fourth-order valence-corrected chi connectivity index (χ4v) is 2.50. The van der Waals surface area contributed by atoms with Gasteiger partial charge in [0.2, 0.25) is 5.91 Å². The van der Waals surface area contributed by atoms with Crippen LogP contribution in [0.5, 0.6) is 5.75 Å². The molecule has 0 bridgehead atoms. The van der Waals surface area contributed by atoms with Gasteiger partial charge in [-0.15, -0.1) is 0 Å². The van der Waals surface area contributed by atoms with Crippen molar-refractivity contribution in [2.24, 2.45) is 0 Å². The smallest absolute Gasteiger partial charge is 0.306 e. The lowest BCUT2D eigenvalue weighted by Crippen LogP contribution is -2.22. The molecule has 0 saturated carbocycles. The number of methoxy groups -OCH3 is 1. The first-order valence-corrected chi connectivity index (χ1v) is 8.92. The van der Waals surface area contributed by atoms with Gasteiger partial charge in [-0.05, 0) is 36.8 Å². The van der Waals surface area contributed by atoms with Crippen LogP contribution < -0.4 is 15.4 Å². The van der Waals surface area contributed by atoms with Crippen LogP contribution >= 0.6 is 11.6 Å². The van der Waals surface area contributed by atoms with Gasteiger partial charge in [0.1, 0.15) is 5.75 Å². The number of para-hydroxylation sites is 2. The van der Waals surface area contributed by atoms with Crippen LogP contribution in [0.1, 0.15) is 18.4 Å². The highest BCUT2D eigenvalue weighted by Crippen LogP contribution is 2.24. The summed E-state index contributed by atoms with van der Waals surface area (Å²) in [7, 11) is 1.50. The van der Waals surface area contributed by atoms with E-state index in [2.05, 4.69) is 10.6 Å². The first-order chi connectivity index (χ1) is 13.4. The highest BCUT2D eigenvalue weighted by Gasteiger charge is 2.13. The number of halogens is 1. The van der Waals surface area contributed by atoms with Gasteiger partial charge in [-0.25, -0.2) is 0 Å². The van der Waals surface area contributed by atoms with Gasteiger partial charge in [-0.2, -0.15) is 0 Å². The Hall–Kier alpha value is -3.06. The highest BCUT2D eigenvalue weighted by atomic mass is 35.5. The molecule has 0 aliphatic rings. The minimum atomic E-state index is -0.645. The molecule has 0 heterocycles. The van der Waals surface area contributed by atoms with Crippen molar-refractivity contribution in [3.63, 3.8) is 0 Å². The molecule has 0 radical (unpaired) electrons. The standard InChI is InChI=1S/C20H21ClN2O5/c1-13-14(21)6-5-8-15(13)22-19(25)12-28-20(26)11-10-18(24)23-16-7-3-4-9-17(16)27-2/h3-9H,10-12H2,1-2H3,(H,22,25)(H,23,24). The Morgan fingerprint density at radius 2 is 1.61 bits per heavy atom. The summed E-state index contributed by atoms with van der Waals surface area (Å²) < 4.78 is 10.0. The van der Waals surface area contributed by atoms with Crippen LogP contribution in [-0.2, 0) is 19.1 Å². The number of carbonyl (C=O) groups is 3. The van der Waals surface area contributed by atoms with E-state index in [-0.39, 0.29) is 18.7 Å².